The molecule has 0 aliphatic heterocycles. The number of nitro benzene ring substituents is 1. The second kappa shape index (κ2) is 7.76. The highest BCUT2D eigenvalue weighted by Gasteiger charge is 2.26. The average Bonchev–Trinajstić information content (AvgIpc) is 2.33. The van der Waals surface area contributed by atoms with Gasteiger partial charge in [0.15, 0.2) is 0 Å². The fraction of sp³-hybridized carbons (Fsp3) is 0.417. The van der Waals surface area contributed by atoms with Crippen LogP contribution in [0.1, 0.15) is 15.9 Å². The molecule has 0 aromatic heterocycles. The minimum atomic E-state index is -0.659. The Hall–Kier alpha value is -1.73. The number of carbonyl (C=O) groups excluding carboxylic acids is 1. The summed E-state index contributed by atoms with van der Waals surface area (Å²) < 4.78 is 13.3. The van der Waals surface area contributed by atoms with Gasteiger partial charge < -0.3 is 10.2 Å². The normalized spacial score (nSPS) is 9.80. The number of nitro groups is 1. The van der Waals surface area contributed by atoms with E-state index in [1.807, 2.05) is 0 Å². The van der Waals surface area contributed by atoms with Crippen LogP contribution in [0.4, 0.5) is 10.1 Å². The summed E-state index contributed by atoms with van der Waals surface area (Å²) in [7, 11) is 3.25. The van der Waals surface area contributed by atoms with E-state index in [2.05, 4.69) is 5.32 Å². The van der Waals surface area contributed by atoms with E-state index in [1.54, 1.807) is 7.05 Å². The maximum absolute atomic E-state index is 13.3. The molecule has 0 fully saturated rings. The van der Waals surface area contributed by atoms with Crippen LogP contribution in [0.5, 0.6) is 0 Å². The average molecular weight is 306 g/mol. The van der Waals surface area contributed by atoms with Crippen molar-refractivity contribution in [3.63, 3.8) is 0 Å². The molecule has 1 aromatic rings. The van der Waals surface area contributed by atoms with E-state index >= 15 is 0 Å². The third-order valence-electron chi connectivity index (χ3n) is 2.72. The van der Waals surface area contributed by atoms with Gasteiger partial charge in [-0.05, 0) is 26.1 Å². The Morgan fingerprint density at radius 3 is 2.60 bits per heavy atom. The number of nitrogens with zero attached hydrogens (tertiary/aromatic N) is 2. The van der Waals surface area contributed by atoms with Crippen molar-refractivity contribution >= 4 is 24.0 Å². The smallest absolute Gasteiger partial charge is 0.285 e. The number of benzene rings is 1. The van der Waals surface area contributed by atoms with Gasteiger partial charge in [0.05, 0.1) is 4.92 Å². The fourth-order valence-electron chi connectivity index (χ4n) is 1.73. The summed E-state index contributed by atoms with van der Waals surface area (Å²) in [5.41, 5.74) is -0.431. The van der Waals surface area contributed by atoms with E-state index in [4.69, 9.17) is 0 Å². The first-order chi connectivity index (χ1) is 8.88. The van der Waals surface area contributed by atoms with Crippen molar-refractivity contribution in [2.75, 3.05) is 27.2 Å². The molecule has 0 radical (unpaired) electrons. The molecule has 20 heavy (non-hydrogen) atoms. The summed E-state index contributed by atoms with van der Waals surface area (Å²) >= 11 is 0. The van der Waals surface area contributed by atoms with Crippen LogP contribution in [0.3, 0.4) is 0 Å². The highest BCUT2D eigenvalue weighted by Crippen LogP contribution is 2.25. The SMILES string of the molecule is CNCCN(C)C(=O)c1cc(F)cc(C)c1[N+](=O)[O-].Cl. The molecule has 0 aliphatic carbocycles. The van der Waals surface area contributed by atoms with Gasteiger partial charge in [-0.1, -0.05) is 0 Å². The molecule has 1 amide bonds. The van der Waals surface area contributed by atoms with Crippen molar-refractivity contribution in [3.05, 3.63) is 39.2 Å². The quantitative estimate of drug-likeness (QED) is 0.664. The van der Waals surface area contributed by atoms with Crippen LogP contribution in [0.15, 0.2) is 12.1 Å². The Labute approximate surface area is 122 Å². The summed E-state index contributed by atoms with van der Waals surface area (Å²) in [6, 6.07) is 1.95. The first-order valence-corrected chi connectivity index (χ1v) is 5.73. The molecule has 0 bridgehead atoms. The van der Waals surface area contributed by atoms with Crippen LogP contribution in [-0.2, 0) is 0 Å². The van der Waals surface area contributed by atoms with Crippen LogP contribution < -0.4 is 5.32 Å². The highest BCUT2D eigenvalue weighted by molar-refractivity contribution is 5.98. The van der Waals surface area contributed by atoms with Gasteiger partial charge in [0.2, 0.25) is 0 Å². The van der Waals surface area contributed by atoms with Gasteiger partial charge in [-0.2, -0.15) is 0 Å². The number of aryl methyl sites for hydroxylation is 1. The first-order valence-electron chi connectivity index (χ1n) is 5.73. The van der Waals surface area contributed by atoms with Gasteiger partial charge in [-0.15, -0.1) is 12.4 Å². The lowest BCUT2D eigenvalue weighted by atomic mass is 10.1. The van der Waals surface area contributed by atoms with E-state index in [-0.39, 0.29) is 29.2 Å². The Kier molecular flexibility index (Phi) is 7.09. The van der Waals surface area contributed by atoms with Crippen molar-refractivity contribution in [2.45, 2.75) is 6.92 Å². The molecule has 1 N–H and O–H groups in total. The highest BCUT2D eigenvalue weighted by atomic mass is 35.5. The van der Waals surface area contributed by atoms with Gasteiger partial charge in [-0.25, -0.2) is 4.39 Å². The predicted octanol–water partition coefficient (Wildman–Crippen LogP) is 1.76. The van der Waals surface area contributed by atoms with Gasteiger partial charge >= 0.3 is 0 Å². The third kappa shape index (κ3) is 4.14. The second-order valence-electron chi connectivity index (χ2n) is 4.21. The molecular weight excluding hydrogens is 289 g/mol. The van der Waals surface area contributed by atoms with Crippen LogP contribution >= 0.6 is 12.4 Å². The van der Waals surface area contributed by atoms with Crippen LogP contribution in [0.25, 0.3) is 0 Å². The predicted molar refractivity (Wildman–Crippen MR) is 75.9 cm³/mol. The number of amides is 1. The first kappa shape index (κ1) is 18.3. The number of halogens is 2. The van der Waals surface area contributed by atoms with Crippen molar-refractivity contribution < 1.29 is 14.1 Å². The summed E-state index contributed by atoms with van der Waals surface area (Å²) in [6.07, 6.45) is 0. The van der Waals surface area contributed by atoms with Crippen LogP contribution in [-0.4, -0.2) is 42.9 Å². The number of hydrogen-bond donors (Lipinski definition) is 1. The van der Waals surface area contributed by atoms with Gasteiger partial charge in [0, 0.05) is 25.7 Å². The maximum Gasteiger partial charge on any atom is 0.285 e. The zero-order chi connectivity index (χ0) is 14.6. The fourth-order valence-corrected chi connectivity index (χ4v) is 1.73. The van der Waals surface area contributed by atoms with Crippen molar-refractivity contribution in [1.29, 1.82) is 0 Å². The minimum Gasteiger partial charge on any atom is -0.340 e. The Morgan fingerprint density at radius 1 is 1.50 bits per heavy atom. The minimum absolute atomic E-state index is 0. The molecule has 1 aromatic carbocycles. The van der Waals surface area contributed by atoms with Crippen molar-refractivity contribution in [3.8, 4) is 0 Å². The van der Waals surface area contributed by atoms with E-state index in [0.29, 0.717) is 13.1 Å². The summed E-state index contributed by atoms with van der Waals surface area (Å²) in [5, 5.41) is 13.9. The molecule has 8 heteroatoms. The number of rotatable bonds is 5. The van der Waals surface area contributed by atoms with E-state index in [9.17, 15) is 19.3 Å². The zero-order valence-corrected chi connectivity index (χ0v) is 12.3. The molecule has 0 heterocycles. The monoisotopic (exact) mass is 305 g/mol. The molecular formula is C12H17ClFN3O3. The van der Waals surface area contributed by atoms with Crippen LogP contribution in [0, 0.1) is 22.9 Å². The lowest BCUT2D eigenvalue weighted by molar-refractivity contribution is -0.385. The maximum atomic E-state index is 13.3. The largest absolute Gasteiger partial charge is 0.340 e. The number of carbonyl (C=O) groups is 1. The number of likely N-dealkylation sites (N-methyl/N-ethyl adjacent to an activating group) is 2. The Morgan fingerprint density at radius 2 is 2.10 bits per heavy atom. The Bertz CT molecular complexity index is 511. The standard InChI is InChI=1S/C12H16FN3O3.ClH/c1-8-6-9(13)7-10(11(8)16(18)19)12(17)15(3)5-4-14-2;/h6-7,14H,4-5H2,1-3H3;1H. The van der Waals surface area contributed by atoms with Gasteiger partial charge in [0.25, 0.3) is 11.6 Å². The second-order valence-corrected chi connectivity index (χ2v) is 4.21. The van der Waals surface area contributed by atoms with Crippen molar-refractivity contribution in [2.24, 2.45) is 0 Å². The molecule has 112 valence electrons. The molecule has 0 unspecified atom stereocenters. The van der Waals surface area contributed by atoms with E-state index < -0.39 is 16.6 Å². The zero-order valence-electron chi connectivity index (χ0n) is 11.5. The molecule has 0 atom stereocenters. The molecule has 1 rings (SSSR count). The topological polar surface area (TPSA) is 75.5 Å². The van der Waals surface area contributed by atoms with Gasteiger partial charge in [0.1, 0.15) is 11.4 Å². The Balaban J connectivity index is 0.00000361. The lowest BCUT2D eigenvalue weighted by Gasteiger charge is -2.17. The number of nitrogens with one attached hydrogen (secondary N) is 1. The summed E-state index contributed by atoms with van der Waals surface area (Å²) in [4.78, 5) is 23.8. The summed E-state index contributed by atoms with van der Waals surface area (Å²) in [5.74, 6) is -1.22. The molecule has 0 saturated carbocycles. The van der Waals surface area contributed by atoms with Crippen LogP contribution in [0.2, 0.25) is 0 Å². The van der Waals surface area contributed by atoms with Gasteiger partial charge in [-0.3, -0.25) is 14.9 Å². The molecule has 0 aliphatic rings. The molecule has 0 saturated heterocycles. The third-order valence-corrected chi connectivity index (χ3v) is 2.72. The molecule has 0 spiro atoms. The van der Waals surface area contributed by atoms with E-state index in [1.165, 1.54) is 18.9 Å². The lowest BCUT2D eigenvalue weighted by Crippen LogP contribution is -2.33. The molecule has 6 nitrogen and oxygen atoms in total. The van der Waals surface area contributed by atoms with Crippen molar-refractivity contribution in [1.82, 2.24) is 10.2 Å². The van der Waals surface area contributed by atoms with E-state index in [0.717, 1.165) is 12.1 Å². The number of hydrogen-bond acceptors (Lipinski definition) is 4. The summed E-state index contributed by atoms with van der Waals surface area (Å²) in [6.45, 7) is 2.33.